The Morgan fingerprint density at radius 1 is 1.18 bits per heavy atom. The van der Waals surface area contributed by atoms with E-state index in [1.807, 2.05) is 30.3 Å². The van der Waals surface area contributed by atoms with Crippen molar-refractivity contribution in [3.8, 4) is 5.75 Å². The number of ether oxygens (including phenoxy) is 1. The van der Waals surface area contributed by atoms with E-state index in [4.69, 9.17) is 4.74 Å². The molecule has 0 fully saturated rings. The molecule has 0 bridgehead atoms. The highest BCUT2D eigenvalue weighted by molar-refractivity contribution is 5.20. The summed E-state index contributed by atoms with van der Waals surface area (Å²) in [6.07, 6.45) is 5.89. The molecule has 0 spiro atoms. The third-order valence-electron chi connectivity index (χ3n) is 2.83. The molecule has 0 N–H and O–H groups in total. The summed E-state index contributed by atoms with van der Waals surface area (Å²) in [7, 11) is 0. The summed E-state index contributed by atoms with van der Waals surface area (Å²) >= 11 is 0. The molecule has 0 radical (unpaired) electrons. The van der Waals surface area contributed by atoms with E-state index in [1.165, 1.54) is 18.4 Å². The minimum atomic E-state index is 0.731. The SMILES string of the molecule is CC(C)=CCCC(C)CCOc1ccccc1. The zero-order valence-electron chi connectivity index (χ0n) is 11.3. The van der Waals surface area contributed by atoms with Crippen LogP contribution in [0.5, 0.6) is 5.75 Å². The fourth-order valence-corrected chi connectivity index (χ4v) is 1.70. The predicted molar refractivity (Wildman–Crippen MR) is 74.4 cm³/mol. The number of hydrogen-bond acceptors (Lipinski definition) is 1. The molecule has 0 heterocycles. The van der Waals surface area contributed by atoms with E-state index in [0.717, 1.165) is 24.7 Å². The van der Waals surface area contributed by atoms with Crippen molar-refractivity contribution in [2.75, 3.05) is 6.61 Å². The van der Waals surface area contributed by atoms with Gasteiger partial charge in [-0.3, -0.25) is 0 Å². The highest BCUT2D eigenvalue weighted by atomic mass is 16.5. The summed E-state index contributed by atoms with van der Waals surface area (Å²) in [5, 5.41) is 0. The Labute approximate surface area is 106 Å². The molecule has 17 heavy (non-hydrogen) atoms. The molecule has 0 amide bonds. The standard InChI is InChI=1S/C16H24O/c1-14(2)8-7-9-15(3)12-13-17-16-10-5-4-6-11-16/h4-6,8,10-11,15H,7,9,12-13H2,1-3H3. The van der Waals surface area contributed by atoms with Gasteiger partial charge in [0.2, 0.25) is 0 Å². The highest BCUT2D eigenvalue weighted by Gasteiger charge is 2.01. The Morgan fingerprint density at radius 3 is 2.53 bits per heavy atom. The van der Waals surface area contributed by atoms with Crippen molar-refractivity contribution in [1.82, 2.24) is 0 Å². The van der Waals surface area contributed by atoms with Crippen molar-refractivity contribution in [3.63, 3.8) is 0 Å². The van der Waals surface area contributed by atoms with Crippen molar-refractivity contribution in [2.45, 2.75) is 40.0 Å². The molecule has 1 aromatic carbocycles. The van der Waals surface area contributed by atoms with Gasteiger partial charge in [0.05, 0.1) is 6.61 Å². The molecule has 0 aliphatic heterocycles. The lowest BCUT2D eigenvalue weighted by Gasteiger charge is -2.11. The molecule has 1 atom stereocenters. The zero-order chi connectivity index (χ0) is 12.5. The molecule has 1 nitrogen and oxygen atoms in total. The van der Waals surface area contributed by atoms with Gasteiger partial charge in [-0.1, -0.05) is 36.8 Å². The van der Waals surface area contributed by atoms with Gasteiger partial charge in [0, 0.05) is 0 Å². The van der Waals surface area contributed by atoms with E-state index in [1.54, 1.807) is 0 Å². The summed E-state index contributed by atoms with van der Waals surface area (Å²) in [4.78, 5) is 0. The number of benzene rings is 1. The van der Waals surface area contributed by atoms with Crippen LogP contribution < -0.4 is 4.74 Å². The monoisotopic (exact) mass is 232 g/mol. The minimum absolute atomic E-state index is 0.731. The van der Waals surface area contributed by atoms with Crippen LogP contribution in [-0.2, 0) is 0 Å². The molecule has 1 aromatic rings. The first-order valence-electron chi connectivity index (χ1n) is 6.49. The summed E-state index contributed by atoms with van der Waals surface area (Å²) in [6, 6.07) is 10.0. The maximum absolute atomic E-state index is 5.69. The maximum atomic E-state index is 5.69. The van der Waals surface area contributed by atoms with Gasteiger partial charge in [-0.25, -0.2) is 0 Å². The van der Waals surface area contributed by atoms with Crippen LogP contribution in [0.4, 0.5) is 0 Å². The van der Waals surface area contributed by atoms with Crippen LogP contribution in [0, 0.1) is 5.92 Å². The third kappa shape index (κ3) is 6.83. The van der Waals surface area contributed by atoms with Crippen LogP contribution in [-0.4, -0.2) is 6.61 Å². The minimum Gasteiger partial charge on any atom is -0.494 e. The first kappa shape index (κ1) is 13.8. The van der Waals surface area contributed by atoms with E-state index in [2.05, 4.69) is 26.8 Å². The molecular weight excluding hydrogens is 208 g/mol. The van der Waals surface area contributed by atoms with Gasteiger partial charge in [0.15, 0.2) is 0 Å². The Balaban J connectivity index is 2.12. The van der Waals surface area contributed by atoms with Crippen LogP contribution in [0.3, 0.4) is 0 Å². The Kier molecular flexibility index (Phi) is 6.46. The molecule has 0 aromatic heterocycles. The average molecular weight is 232 g/mol. The Bertz CT molecular complexity index is 323. The Hall–Kier alpha value is -1.24. The maximum Gasteiger partial charge on any atom is 0.119 e. The number of allylic oxidation sites excluding steroid dienone is 2. The van der Waals surface area contributed by atoms with E-state index in [0.29, 0.717) is 0 Å². The molecule has 1 unspecified atom stereocenters. The highest BCUT2D eigenvalue weighted by Crippen LogP contribution is 2.14. The van der Waals surface area contributed by atoms with Gasteiger partial charge in [0.1, 0.15) is 5.75 Å². The van der Waals surface area contributed by atoms with Gasteiger partial charge >= 0.3 is 0 Å². The van der Waals surface area contributed by atoms with Crippen LogP contribution >= 0.6 is 0 Å². The van der Waals surface area contributed by atoms with Crippen molar-refractivity contribution < 1.29 is 4.74 Å². The summed E-state index contributed by atoms with van der Waals surface area (Å²) in [5.74, 6) is 1.71. The van der Waals surface area contributed by atoms with E-state index < -0.39 is 0 Å². The molecule has 0 saturated carbocycles. The molecular formula is C16H24O. The second-order valence-corrected chi connectivity index (χ2v) is 4.91. The van der Waals surface area contributed by atoms with Gasteiger partial charge < -0.3 is 4.74 Å². The quantitative estimate of drug-likeness (QED) is 0.611. The molecule has 0 aliphatic carbocycles. The number of para-hydroxylation sites is 1. The van der Waals surface area contributed by atoms with Crippen molar-refractivity contribution in [1.29, 1.82) is 0 Å². The van der Waals surface area contributed by atoms with Crippen LogP contribution in [0.15, 0.2) is 42.0 Å². The van der Waals surface area contributed by atoms with Crippen LogP contribution in [0.2, 0.25) is 0 Å². The van der Waals surface area contributed by atoms with Gasteiger partial charge in [-0.05, 0) is 51.2 Å². The smallest absolute Gasteiger partial charge is 0.119 e. The molecule has 0 aliphatic rings. The van der Waals surface area contributed by atoms with Crippen molar-refractivity contribution in [3.05, 3.63) is 42.0 Å². The molecule has 0 saturated heterocycles. The first-order valence-corrected chi connectivity index (χ1v) is 6.49. The Morgan fingerprint density at radius 2 is 1.88 bits per heavy atom. The molecule has 1 heteroatoms. The van der Waals surface area contributed by atoms with Crippen LogP contribution in [0.1, 0.15) is 40.0 Å². The second-order valence-electron chi connectivity index (χ2n) is 4.91. The zero-order valence-corrected chi connectivity index (χ0v) is 11.3. The predicted octanol–water partition coefficient (Wildman–Crippen LogP) is 4.84. The van der Waals surface area contributed by atoms with Gasteiger partial charge in [-0.15, -0.1) is 0 Å². The lowest BCUT2D eigenvalue weighted by molar-refractivity contribution is 0.279. The number of hydrogen-bond donors (Lipinski definition) is 0. The third-order valence-corrected chi connectivity index (χ3v) is 2.83. The first-order chi connectivity index (χ1) is 8.18. The normalized spacial score (nSPS) is 11.9. The van der Waals surface area contributed by atoms with Crippen LogP contribution in [0.25, 0.3) is 0 Å². The van der Waals surface area contributed by atoms with Gasteiger partial charge in [-0.2, -0.15) is 0 Å². The fraction of sp³-hybridized carbons (Fsp3) is 0.500. The average Bonchev–Trinajstić information content (AvgIpc) is 2.30. The van der Waals surface area contributed by atoms with Crippen molar-refractivity contribution in [2.24, 2.45) is 5.92 Å². The lowest BCUT2D eigenvalue weighted by Crippen LogP contribution is -2.03. The van der Waals surface area contributed by atoms with Gasteiger partial charge in [0.25, 0.3) is 0 Å². The molecule has 94 valence electrons. The summed E-state index contributed by atoms with van der Waals surface area (Å²) in [6.45, 7) is 7.43. The number of rotatable bonds is 7. The van der Waals surface area contributed by atoms with E-state index in [9.17, 15) is 0 Å². The topological polar surface area (TPSA) is 9.23 Å². The van der Waals surface area contributed by atoms with E-state index >= 15 is 0 Å². The molecule has 1 rings (SSSR count). The summed E-state index contributed by atoms with van der Waals surface area (Å²) in [5.41, 5.74) is 1.41. The lowest BCUT2D eigenvalue weighted by atomic mass is 10.0. The largest absolute Gasteiger partial charge is 0.494 e. The van der Waals surface area contributed by atoms with E-state index in [-0.39, 0.29) is 0 Å². The fourth-order valence-electron chi connectivity index (χ4n) is 1.70. The second kappa shape index (κ2) is 7.94. The summed E-state index contributed by atoms with van der Waals surface area (Å²) < 4.78 is 5.69. The van der Waals surface area contributed by atoms with Crippen molar-refractivity contribution >= 4 is 0 Å².